The minimum Gasteiger partial charge on any atom is -0.479 e. The number of aliphatic hydroxyl groups is 2. The van der Waals surface area contributed by atoms with Crippen molar-refractivity contribution in [2.75, 3.05) is 18.5 Å². The van der Waals surface area contributed by atoms with Crippen LogP contribution < -0.4 is 10.1 Å². The summed E-state index contributed by atoms with van der Waals surface area (Å²) in [5, 5.41) is 22.6. The number of fused-ring (bicyclic) bond motifs is 2. The van der Waals surface area contributed by atoms with Crippen LogP contribution in [0, 0.1) is 0 Å². The number of carbonyl (C=O) groups excluding carboxylic acids is 1. The van der Waals surface area contributed by atoms with Crippen LogP contribution in [0.1, 0.15) is 18.4 Å². The van der Waals surface area contributed by atoms with Crippen LogP contribution >= 0.6 is 0 Å². The molecule has 3 N–H and O–H groups in total. The molecule has 1 aliphatic carbocycles. The molecule has 0 unspecified atom stereocenters. The average molecular weight is 303 g/mol. The van der Waals surface area contributed by atoms with Crippen LogP contribution in [-0.4, -0.2) is 40.6 Å². The molecule has 2 heterocycles. The summed E-state index contributed by atoms with van der Waals surface area (Å²) in [7, 11) is 0. The predicted molar refractivity (Wildman–Crippen MR) is 77.4 cm³/mol. The van der Waals surface area contributed by atoms with Crippen LogP contribution in [0.25, 0.3) is 0 Å². The highest BCUT2D eigenvalue weighted by molar-refractivity contribution is 5.99. The number of hydrogen-bond acceptors (Lipinski definition) is 6. The third-order valence-corrected chi connectivity index (χ3v) is 4.54. The number of hydrogen-bond donors (Lipinski definition) is 3. The normalized spacial score (nSPS) is 32.3. The summed E-state index contributed by atoms with van der Waals surface area (Å²) in [6.45, 7) is 0.331. The molecule has 0 radical (unpaired) electrons. The van der Waals surface area contributed by atoms with Crippen LogP contribution in [0.5, 0.6) is 5.75 Å². The molecule has 1 aromatic carbocycles. The van der Waals surface area contributed by atoms with E-state index in [9.17, 15) is 9.90 Å². The van der Waals surface area contributed by atoms with Crippen molar-refractivity contribution in [3.63, 3.8) is 0 Å². The van der Waals surface area contributed by atoms with Gasteiger partial charge in [0.05, 0.1) is 24.4 Å². The SMILES string of the molecule is O=C1C=C2Nc3ccc(CCO)cc3O[C@]23CCO[C@@]1(O)C3. The Hall–Kier alpha value is -1.89. The fourth-order valence-corrected chi connectivity index (χ4v) is 3.36. The van der Waals surface area contributed by atoms with Crippen molar-refractivity contribution in [1.82, 2.24) is 0 Å². The fourth-order valence-electron chi connectivity index (χ4n) is 3.36. The van der Waals surface area contributed by atoms with Crippen molar-refractivity contribution >= 4 is 11.5 Å². The molecule has 116 valence electrons. The van der Waals surface area contributed by atoms with Crippen molar-refractivity contribution in [2.45, 2.75) is 30.7 Å². The average Bonchev–Trinajstić information content (AvgIpc) is 2.47. The van der Waals surface area contributed by atoms with E-state index in [4.69, 9.17) is 14.6 Å². The third-order valence-electron chi connectivity index (χ3n) is 4.54. The fraction of sp³-hybridized carbons (Fsp3) is 0.438. The van der Waals surface area contributed by atoms with E-state index in [0.717, 1.165) is 11.3 Å². The molecule has 4 rings (SSSR count). The smallest absolute Gasteiger partial charge is 0.234 e. The first-order valence-corrected chi connectivity index (χ1v) is 7.37. The summed E-state index contributed by atoms with van der Waals surface area (Å²) in [6, 6.07) is 5.67. The molecular weight excluding hydrogens is 286 g/mol. The number of carbonyl (C=O) groups is 1. The van der Waals surface area contributed by atoms with Gasteiger partial charge in [0.2, 0.25) is 11.6 Å². The van der Waals surface area contributed by atoms with E-state index < -0.39 is 17.2 Å². The number of ketones is 1. The van der Waals surface area contributed by atoms with Gasteiger partial charge in [-0.15, -0.1) is 0 Å². The van der Waals surface area contributed by atoms with Crippen molar-refractivity contribution in [1.29, 1.82) is 0 Å². The first kappa shape index (κ1) is 13.8. The molecule has 2 bridgehead atoms. The molecule has 0 saturated carbocycles. The zero-order valence-electron chi connectivity index (χ0n) is 12.0. The number of nitrogens with one attached hydrogen (secondary N) is 1. The van der Waals surface area contributed by atoms with Gasteiger partial charge < -0.3 is 25.0 Å². The summed E-state index contributed by atoms with van der Waals surface area (Å²) in [4.78, 5) is 12.1. The van der Waals surface area contributed by atoms with Crippen LogP contribution in [0.4, 0.5) is 5.69 Å². The van der Waals surface area contributed by atoms with Crippen LogP contribution in [-0.2, 0) is 16.0 Å². The van der Waals surface area contributed by atoms with Gasteiger partial charge in [0.15, 0.2) is 5.60 Å². The second-order valence-electron chi connectivity index (χ2n) is 6.01. The van der Waals surface area contributed by atoms with Gasteiger partial charge in [-0.2, -0.15) is 0 Å². The molecule has 0 aromatic heterocycles. The van der Waals surface area contributed by atoms with Crippen LogP contribution in [0.15, 0.2) is 30.0 Å². The van der Waals surface area contributed by atoms with Gasteiger partial charge in [0, 0.05) is 19.1 Å². The van der Waals surface area contributed by atoms with E-state index in [1.807, 2.05) is 18.2 Å². The van der Waals surface area contributed by atoms with E-state index in [1.54, 1.807) is 0 Å². The van der Waals surface area contributed by atoms with Gasteiger partial charge in [-0.3, -0.25) is 4.79 Å². The van der Waals surface area contributed by atoms with Crippen LogP contribution in [0.3, 0.4) is 0 Å². The molecule has 1 spiro atoms. The number of rotatable bonds is 2. The molecule has 1 aromatic rings. The highest BCUT2D eigenvalue weighted by atomic mass is 16.6. The van der Waals surface area contributed by atoms with Gasteiger partial charge in [0.1, 0.15) is 5.75 Å². The number of anilines is 1. The zero-order valence-corrected chi connectivity index (χ0v) is 12.0. The molecule has 2 aliphatic heterocycles. The largest absolute Gasteiger partial charge is 0.479 e. The van der Waals surface area contributed by atoms with Gasteiger partial charge in [-0.1, -0.05) is 6.07 Å². The molecule has 22 heavy (non-hydrogen) atoms. The lowest BCUT2D eigenvalue weighted by Crippen LogP contribution is -2.61. The van der Waals surface area contributed by atoms with Crippen molar-refractivity contribution in [3.8, 4) is 5.75 Å². The van der Waals surface area contributed by atoms with Crippen molar-refractivity contribution < 1.29 is 24.5 Å². The van der Waals surface area contributed by atoms with E-state index in [1.165, 1.54) is 6.08 Å². The number of ether oxygens (including phenoxy) is 2. The first-order chi connectivity index (χ1) is 10.5. The van der Waals surface area contributed by atoms with Crippen LogP contribution in [0.2, 0.25) is 0 Å². The van der Waals surface area contributed by atoms with Gasteiger partial charge in [0.25, 0.3) is 0 Å². The highest BCUT2D eigenvalue weighted by Crippen LogP contribution is 2.48. The highest BCUT2D eigenvalue weighted by Gasteiger charge is 2.57. The number of benzene rings is 1. The topological polar surface area (TPSA) is 88.0 Å². The summed E-state index contributed by atoms with van der Waals surface area (Å²) < 4.78 is 11.5. The van der Waals surface area contributed by atoms with Gasteiger partial charge >= 0.3 is 0 Å². The molecular formula is C16H17NO5. The Morgan fingerprint density at radius 2 is 2.23 bits per heavy atom. The zero-order chi connectivity index (χ0) is 15.4. The molecule has 0 amide bonds. The molecule has 6 heteroatoms. The Kier molecular flexibility index (Phi) is 2.84. The minimum absolute atomic E-state index is 0.0740. The summed E-state index contributed by atoms with van der Waals surface area (Å²) >= 11 is 0. The first-order valence-electron chi connectivity index (χ1n) is 7.37. The minimum atomic E-state index is -1.79. The third kappa shape index (κ3) is 1.88. The maximum Gasteiger partial charge on any atom is 0.234 e. The molecule has 2 atom stereocenters. The number of aliphatic hydroxyl groups excluding tert-OH is 1. The molecule has 6 nitrogen and oxygen atoms in total. The Morgan fingerprint density at radius 3 is 3.05 bits per heavy atom. The standard InChI is InChI=1S/C16H17NO5/c18-5-3-10-1-2-11-12(7-10)22-15-4-6-21-16(20,9-15)14(19)8-13(15)17-11/h1-2,7-8,17-18,20H,3-6,9H2/t15-,16-/m0/s1. The van der Waals surface area contributed by atoms with Gasteiger partial charge in [-0.05, 0) is 24.1 Å². The Morgan fingerprint density at radius 1 is 1.36 bits per heavy atom. The Bertz CT molecular complexity index is 685. The van der Waals surface area contributed by atoms with E-state index in [0.29, 0.717) is 24.3 Å². The molecule has 1 fully saturated rings. The molecule has 1 saturated heterocycles. The maximum atomic E-state index is 12.1. The maximum absolute atomic E-state index is 12.1. The second kappa shape index (κ2) is 4.55. The quantitative estimate of drug-likeness (QED) is 0.746. The lowest BCUT2D eigenvalue weighted by atomic mass is 9.77. The van der Waals surface area contributed by atoms with Crippen molar-refractivity contribution in [3.05, 3.63) is 35.5 Å². The Balaban J connectivity index is 1.77. The van der Waals surface area contributed by atoms with Gasteiger partial charge in [-0.25, -0.2) is 0 Å². The summed E-state index contributed by atoms with van der Waals surface area (Å²) in [5.41, 5.74) is 1.67. The molecule has 3 aliphatic rings. The lowest BCUT2D eigenvalue weighted by molar-refractivity contribution is -0.243. The monoisotopic (exact) mass is 303 g/mol. The van der Waals surface area contributed by atoms with E-state index in [-0.39, 0.29) is 19.6 Å². The van der Waals surface area contributed by atoms with E-state index in [2.05, 4.69) is 5.32 Å². The van der Waals surface area contributed by atoms with Crippen molar-refractivity contribution in [2.24, 2.45) is 0 Å². The summed E-state index contributed by atoms with van der Waals surface area (Å²) in [6.07, 6.45) is 2.58. The summed E-state index contributed by atoms with van der Waals surface area (Å²) in [5.74, 6) is -1.57. The second-order valence-corrected chi connectivity index (χ2v) is 6.01. The predicted octanol–water partition coefficient (Wildman–Crippen LogP) is 0.730. The Labute approximate surface area is 127 Å². The van der Waals surface area contributed by atoms with E-state index >= 15 is 0 Å². The lowest BCUT2D eigenvalue weighted by Gasteiger charge is -2.50.